The van der Waals surface area contributed by atoms with E-state index in [4.69, 9.17) is 10.5 Å². The molecule has 1 saturated heterocycles. The molecule has 9 heteroatoms. The van der Waals surface area contributed by atoms with Gasteiger partial charge in [0.05, 0.1) is 5.52 Å². The summed E-state index contributed by atoms with van der Waals surface area (Å²) in [7, 11) is 1.62. The minimum Gasteiger partial charge on any atom is -0.493 e. The summed E-state index contributed by atoms with van der Waals surface area (Å²) < 4.78 is 36.6. The van der Waals surface area contributed by atoms with Crippen LogP contribution < -0.4 is 5.73 Å². The number of ether oxygens (including phenoxy) is 1. The fraction of sp³-hybridized carbons (Fsp3) is 0.375. The van der Waals surface area contributed by atoms with Gasteiger partial charge >= 0.3 is 0 Å². The molecule has 5 rings (SSSR count). The summed E-state index contributed by atoms with van der Waals surface area (Å²) in [4.78, 5) is 19.1. The van der Waals surface area contributed by atoms with Gasteiger partial charge in [0.2, 0.25) is 11.8 Å². The second-order valence-corrected chi connectivity index (χ2v) is 10.8. The van der Waals surface area contributed by atoms with Gasteiger partial charge in [-0.2, -0.15) is 0 Å². The number of nitrogens with zero attached hydrogens (tertiary/aromatic N) is 3. The molecule has 4 aromatic rings. The van der Waals surface area contributed by atoms with Crippen molar-refractivity contribution in [1.82, 2.24) is 14.5 Å². The lowest BCUT2D eigenvalue weighted by Crippen LogP contribution is -2.42. The molecule has 0 bridgehead atoms. The molecule has 1 fully saturated rings. The highest BCUT2D eigenvalue weighted by atomic mass is 19.1. The van der Waals surface area contributed by atoms with Crippen molar-refractivity contribution >= 4 is 16.8 Å². The number of nitrogens with two attached hydrogens (primary N) is 1. The number of pyridine rings is 1. The van der Waals surface area contributed by atoms with Crippen LogP contribution in [0.15, 0.2) is 60.8 Å². The molecule has 1 aliphatic heterocycles. The number of aromatic nitrogens is 2. The van der Waals surface area contributed by atoms with Crippen molar-refractivity contribution < 1.29 is 23.4 Å². The Morgan fingerprint density at radius 1 is 1.12 bits per heavy atom. The number of piperidine rings is 1. The van der Waals surface area contributed by atoms with Crippen LogP contribution in [0.25, 0.3) is 22.0 Å². The number of carbonyl (C=O) groups excluding carboxylic acids is 1. The average Bonchev–Trinajstić information content (AvgIpc) is 3.37. The first-order valence-corrected chi connectivity index (χ1v) is 14.1. The van der Waals surface area contributed by atoms with Crippen molar-refractivity contribution in [3.63, 3.8) is 0 Å². The van der Waals surface area contributed by atoms with Gasteiger partial charge in [-0.3, -0.25) is 4.79 Å². The Hall–Kier alpha value is -3.82. The summed E-state index contributed by atoms with van der Waals surface area (Å²) in [6.07, 6.45) is 4.71. The number of carbonyl (C=O) groups is 1. The number of amides is 1. The number of rotatable bonds is 10. The van der Waals surface area contributed by atoms with Crippen LogP contribution in [-0.4, -0.2) is 58.3 Å². The molecule has 3 N–H and O–H groups in total. The molecule has 1 aliphatic rings. The average molecular weight is 563 g/mol. The lowest BCUT2D eigenvalue weighted by molar-refractivity contribution is -0.132. The summed E-state index contributed by atoms with van der Waals surface area (Å²) in [5.74, 6) is -0.954. The molecule has 0 saturated carbocycles. The van der Waals surface area contributed by atoms with E-state index < -0.39 is 11.6 Å². The first-order valence-electron chi connectivity index (χ1n) is 14.1. The van der Waals surface area contributed by atoms with E-state index in [9.17, 15) is 18.7 Å². The summed E-state index contributed by atoms with van der Waals surface area (Å²) in [6.45, 7) is 2.15. The number of aromatic hydroxyl groups is 1. The zero-order chi connectivity index (χ0) is 28.9. The molecule has 2 aromatic heterocycles. The standard InChI is InChI=1S/C32H36F2N4O3/c1-41-15-3-14-38-29(18-26-27(33)10-11-28(34)32(26)38)24-4-2-13-37(20-24)31(40)17-25(35)16-21-5-7-22(8-6-21)23-9-12-30(39)36-19-23/h5-12,18-19,24-25H,2-4,13-17,20,35H2,1H3,(H,36,39). The molecule has 2 unspecified atom stereocenters. The van der Waals surface area contributed by atoms with Crippen LogP contribution in [0.3, 0.4) is 0 Å². The van der Waals surface area contributed by atoms with Crippen LogP contribution in [0.2, 0.25) is 0 Å². The van der Waals surface area contributed by atoms with Gasteiger partial charge < -0.3 is 25.0 Å². The van der Waals surface area contributed by atoms with Gasteiger partial charge in [-0.1, -0.05) is 24.3 Å². The number of likely N-dealkylation sites (tertiary alicyclic amines) is 1. The normalized spacial score (nSPS) is 16.3. The van der Waals surface area contributed by atoms with Crippen molar-refractivity contribution in [2.45, 2.75) is 50.6 Å². The maximum absolute atomic E-state index is 14.9. The highest BCUT2D eigenvalue weighted by Crippen LogP contribution is 2.34. The topological polar surface area (TPSA) is 93.6 Å². The summed E-state index contributed by atoms with van der Waals surface area (Å²) in [6, 6.07) is 15.0. The molecule has 216 valence electrons. The van der Waals surface area contributed by atoms with Gasteiger partial charge in [0.1, 0.15) is 11.6 Å². The summed E-state index contributed by atoms with van der Waals surface area (Å²) in [5, 5.41) is 9.67. The Labute approximate surface area is 238 Å². The van der Waals surface area contributed by atoms with Crippen molar-refractivity contribution in [2.75, 3.05) is 26.8 Å². The third-order valence-corrected chi connectivity index (χ3v) is 7.88. The number of fused-ring (bicyclic) bond motifs is 1. The van der Waals surface area contributed by atoms with Crippen LogP contribution in [0, 0.1) is 11.6 Å². The quantitative estimate of drug-likeness (QED) is 0.253. The Bertz CT molecular complexity index is 1490. The largest absolute Gasteiger partial charge is 0.493 e. The Morgan fingerprint density at radius 2 is 1.88 bits per heavy atom. The van der Waals surface area contributed by atoms with E-state index in [1.54, 1.807) is 31.5 Å². The van der Waals surface area contributed by atoms with E-state index in [0.29, 0.717) is 39.1 Å². The molecular formula is C32H36F2N4O3. The van der Waals surface area contributed by atoms with Crippen LogP contribution in [0.5, 0.6) is 5.88 Å². The minimum atomic E-state index is -0.451. The first-order chi connectivity index (χ1) is 19.8. The highest BCUT2D eigenvalue weighted by molar-refractivity contribution is 5.83. The van der Waals surface area contributed by atoms with Crippen LogP contribution >= 0.6 is 0 Å². The minimum absolute atomic E-state index is 0.00612. The lowest BCUT2D eigenvalue weighted by atomic mass is 9.93. The maximum Gasteiger partial charge on any atom is 0.224 e. The van der Waals surface area contributed by atoms with Gasteiger partial charge in [0, 0.05) is 80.6 Å². The van der Waals surface area contributed by atoms with Crippen LogP contribution in [0.1, 0.15) is 42.9 Å². The van der Waals surface area contributed by atoms with E-state index in [1.165, 1.54) is 6.07 Å². The number of hydrogen-bond donors (Lipinski definition) is 2. The third-order valence-electron chi connectivity index (χ3n) is 7.88. The zero-order valence-electron chi connectivity index (χ0n) is 23.2. The fourth-order valence-corrected chi connectivity index (χ4v) is 5.83. The van der Waals surface area contributed by atoms with E-state index in [2.05, 4.69) is 4.98 Å². The maximum atomic E-state index is 14.9. The molecule has 0 aliphatic carbocycles. The van der Waals surface area contributed by atoms with E-state index in [0.717, 1.165) is 41.3 Å². The van der Waals surface area contributed by atoms with Crippen molar-refractivity contribution in [2.24, 2.45) is 5.73 Å². The second-order valence-electron chi connectivity index (χ2n) is 10.8. The third kappa shape index (κ3) is 6.57. The van der Waals surface area contributed by atoms with E-state index >= 15 is 0 Å². The highest BCUT2D eigenvalue weighted by Gasteiger charge is 2.29. The number of aryl methyl sites for hydroxylation is 1. The summed E-state index contributed by atoms with van der Waals surface area (Å²) >= 11 is 0. The van der Waals surface area contributed by atoms with E-state index in [-0.39, 0.29) is 41.1 Å². The predicted octanol–water partition coefficient (Wildman–Crippen LogP) is 5.39. The van der Waals surface area contributed by atoms with Gasteiger partial charge in [-0.05, 0) is 61.1 Å². The van der Waals surface area contributed by atoms with Crippen LogP contribution in [0.4, 0.5) is 8.78 Å². The smallest absolute Gasteiger partial charge is 0.224 e. The molecule has 2 aromatic carbocycles. The van der Waals surface area contributed by atoms with Crippen molar-refractivity contribution in [3.05, 3.63) is 83.7 Å². The Kier molecular flexibility index (Phi) is 8.95. The molecule has 3 heterocycles. The number of methoxy groups -OCH3 is 1. The van der Waals surface area contributed by atoms with Gasteiger partial charge in [-0.25, -0.2) is 13.8 Å². The van der Waals surface area contributed by atoms with E-state index in [1.807, 2.05) is 33.7 Å². The number of hydrogen-bond acceptors (Lipinski definition) is 5. The molecule has 0 radical (unpaired) electrons. The Balaban J connectivity index is 1.24. The van der Waals surface area contributed by atoms with Gasteiger partial charge in [0.25, 0.3) is 0 Å². The summed E-state index contributed by atoms with van der Waals surface area (Å²) in [5.41, 5.74) is 10.4. The SMILES string of the molecule is COCCCn1c(C2CCCN(C(=O)CC(N)Cc3ccc(-c4ccc(O)nc4)cc3)C2)cc2c(F)ccc(F)c21. The molecule has 2 atom stereocenters. The predicted molar refractivity (Wildman–Crippen MR) is 155 cm³/mol. The number of halogens is 2. The zero-order valence-corrected chi connectivity index (χ0v) is 23.2. The second kappa shape index (κ2) is 12.8. The first kappa shape index (κ1) is 28.7. The molecule has 0 spiro atoms. The molecule has 1 amide bonds. The Morgan fingerprint density at radius 3 is 2.61 bits per heavy atom. The van der Waals surface area contributed by atoms with Crippen LogP contribution in [-0.2, 0) is 22.5 Å². The lowest BCUT2D eigenvalue weighted by Gasteiger charge is -2.34. The van der Waals surface area contributed by atoms with Gasteiger partial charge in [0.15, 0.2) is 0 Å². The van der Waals surface area contributed by atoms with Crippen molar-refractivity contribution in [1.29, 1.82) is 0 Å². The van der Waals surface area contributed by atoms with Gasteiger partial charge in [-0.15, -0.1) is 0 Å². The fourth-order valence-electron chi connectivity index (χ4n) is 5.83. The monoisotopic (exact) mass is 562 g/mol. The molecule has 41 heavy (non-hydrogen) atoms. The van der Waals surface area contributed by atoms with Crippen molar-refractivity contribution in [3.8, 4) is 17.0 Å². The molecular weight excluding hydrogens is 526 g/mol. The number of benzene rings is 2. The molecule has 7 nitrogen and oxygen atoms in total.